The molecule has 21 heavy (non-hydrogen) atoms. The second-order valence-corrected chi connectivity index (χ2v) is 4.49. The van der Waals surface area contributed by atoms with Crippen molar-refractivity contribution in [1.82, 2.24) is 5.32 Å². The van der Waals surface area contributed by atoms with E-state index in [1.807, 2.05) is 30.3 Å². The van der Waals surface area contributed by atoms with Crippen molar-refractivity contribution < 1.29 is 9.72 Å². The van der Waals surface area contributed by atoms with E-state index in [1.165, 1.54) is 18.2 Å². The molecule has 0 aliphatic carbocycles. The molecule has 3 N–H and O–H groups in total. The SMILES string of the molecule is Nc1cccc(C(=O)NCCc2ccccc2)c1[N+](=O)[O-]. The van der Waals surface area contributed by atoms with Gasteiger partial charge >= 0.3 is 5.69 Å². The van der Waals surface area contributed by atoms with Crippen LogP contribution < -0.4 is 11.1 Å². The van der Waals surface area contributed by atoms with Crippen molar-refractivity contribution in [3.63, 3.8) is 0 Å². The number of para-hydroxylation sites is 1. The van der Waals surface area contributed by atoms with Crippen molar-refractivity contribution in [3.8, 4) is 0 Å². The molecule has 0 radical (unpaired) electrons. The Morgan fingerprint density at radius 1 is 1.14 bits per heavy atom. The van der Waals surface area contributed by atoms with E-state index in [0.29, 0.717) is 13.0 Å². The van der Waals surface area contributed by atoms with Crippen molar-refractivity contribution in [1.29, 1.82) is 0 Å². The molecule has 0 saturated carbocycles. The third kappa shape index (κ3) is 3.56. The molecular formula is C15H15N3O3. The topological polar surface area (TPSA) is 98.3 Å². The van der Waals surface area contributed by atoms with Gasteiger partial charge in [0.05, 0.1) is 4.92 Å². The summed E-state index contributed by atoms with van der Waals surface area (Å²) in [6.07, 6.45) is 0.655. The van der Waals surface area contributed by atoms with Gasteiger partial charge in [-0.2, -0.15) is 0 Å². The lowest BCUT2D eigenvalue weighted by atomic mass is 10.1. The zero-order chi connectivity index (χ0) is 15.2. The lowest BCUT2D eigenvalue weighted by Gasteiger charge is -2.07. The predicted molar refractivity (Wildman–Crippen MR) is 80.0 cm³/mol. The number of nitrogens with zero attached hydrogens (tertiary/aromatic N) is 1. The number of rotatable bonds is 5. The maximum Gasteiger partial charge on any atom is 0.304 e. The van der Waals surface area contributed by atoms with Crippen LogP contribution in [0.3, 0.4) is 0 Å². The van der Waals surface area contributed by atoms with Gasteiger partial charge in [-0.25, -0.2) is 0 Å². The van der Waals surface area contributed by atoms with Gasteiger partial charge in [-0.3, -0.25) is 14.9 Å². The molecule has 0 aliphatic heterocycles. The molecule has 0 spiro atoms. The molecule has 0 unspecified atom stereocenters. The molecule has 6 nitrogen and oxygen atoms in total. The van der Waals surface area contributed by atoms with Crippen LogP contribution in [0.1, 0.15) is 15.9 Å². The van der Waals surface area contributed by atoms with Gasteiger partial charge in [-0.05, 0) is 24.1 Å². The Bertz CT molecular complexity index is 656. The lowest BCUT2D eigenvalue weighted by molar-refractivity contribution is -0.384. The minimum absolute atomic E-state index is 0.0179. The molecule has 2 aromatic rings. The first-order valence-corrected chi connectivity index (χ1v) is 6.44. The van der Waals surface area contributed by atoms with Crippen molar-refractivity contribution in [2.75, 3.05) is 12.3 Å². The number of nitrogens with two attached hydrogens (primary N) is 1. The lowest BCUT2D eigenvalue weighted by Crippen LogP contribution is -2.26. The molecule has 108 valence electrons. The Labute approximate surface area is 121 Å². The number of benzene rings is 2. The van der Waals surface area contributed by atoms with Crippen LogP contribution >= 0.6 is 0 Å². The summed E-state index contributed by atoms with van der Waals surface area (Å²) in [7, 11) is 0. The molecule has 0 aliphatic rings. The quantitative estimate of drug-likeness (QED) is 0.499. The Hall–Kier alpha value is -2.89. The first-order chi connectivity index (χ1) is 10.1. The van der Waals surface area contributed by atoms with E-state index in [1.54, 1.807) is 0 Å². The summed E-state index contributed by atoms with van der Waals surface area (Å²) < 4.78 is 0. The normalized spacial score (nSPS) is 10.1. The summed E-state index contributed by atoms with van der Waals surface area (Å²) in [5, 5.41) is 13.7. The van der Waals surface area contributed by atoms with Crippen LogP contribution in [0, 0.1) is 10.1 Å². The van der Waals surface area contributed by atoms with E-state index in [4.69, 9.17) is 5.73 Å². The summed E-state index contributed by atoms with van der Waals surface area (Å²) in [5.74, 6) is -0.495. The van der Waals surface area contributed by atoms with Gasteiger partial charge in [-0.1, -0.05) is 36.4 Å². The second kappa shape index (κ2) is 6.51. The van der Waals surface area contributed by atoms with Gasteiger partial charge < -0.3 is 11.1 Å². The van der Waals surface area contributed by atoms with Crippen molar-refractivity contribution >= 4 is 17.3 Å². The number of hydrogen-bond acceptors (Lipinski definition) is 4. The van der Waals surface area contributed by atoms with E-state index >= 15 is 0 Å². The second-order valence-electron chi connectivity index (χ2n) is 4.49. The van der Waals surface area contributed by atoms with Gasteiger partial charge in [-0.15, -0.1) is 0 Å². The number of nitro benzene ring substituents is 1. The number of carbonyl (C=O) groups is 1. The summed E-state index contributed by atoms with van der Waals surface area (Å²) in [6, 6.07) is 14.0. The zero-order valence-corrected chi connectivity index (χ0v) is 11.3. The van der Waals surface area contributed by atoms with Crippen molar-refractivity contribution in [3.05, 3.63) is 69.8 Å². The molecule has 0 atom stereocenters. The van der Waals surface area contributed by atoms with Crippen LogP contribution in [0.5, 0.6) is 0 Å². The Morgan fingerprint density at radius 3 is 2.52 bits per heavy atom. The maximum atomic E-state index is 12.0. The van der Waals surface area contributed by atoms with E-state index in [2.05, 4.69) is 5.32 Å². The number of hydrogen-bond donors (Lipinski definition) is 2. The third-order valence-electron chi connectivity index (χ3n) is 3.04. The van der Waals surface area contributed by atoms with E-state index in [0.717, 1.165) is 5.56 Å². The van der Waals surface area contributed by atoms with Gasteiger partial charge in [0, 0.05) is 6.54 Å². The largest absolute Gasteiger partial charge is 0.393 e. The first kappa shape index (κ1) is 14.5. The molecule has 0 aromatic heterocycles. The van der Waals surface area contributed by atoms with Gasteiger partial charge in [0.2, 0.25) is 0 Å². The number of nitro groups is 1. The summed E-state index contributed by atoms with van der Waals surface area (Å²) in [4.78, 5) is 22.4. The predicted octanol–water partition coefficient (Wildman–Crippen LogP) is 2.15. The summed E-state index contributed by atoms with van der Waals surface area (Å²) in [6.45, 7) is 0.398. The average Bonchev–Trinajstić information content (AvgIpc) is 2.47. The molecule has 0 bridgehead atoms. The zero-order valence-electron chi connectivity index (χ0n) is 11.3. The van der Waals surface area contributed by atoms with Gasteiger partial charge in [0.1, 0.15) is 11.3 Å². The van der Waals surface area contributed by atoms with Crippen LogP contribution in [0.15, 0.2) is 48.5 Å². The Kier molecular flexibility index (Phi) is 4.50. The highest BCUT2D eigenvalue weighted by atomic mass is 16.6. The molecule has 2 aromatic carbocycles. The number of amides is 1. The highest BCUT2D eigenvalue weighted by Gasteiger charge is 2.22. The van der Waals surface area contributed by atoms with E-state index in [-0.39, 0.29) is 16.9 Å². The van der Waals surface area contributed by atoms with E-state index < -0.39 is 10.8 Å². The number of carbonyl (C=O) groups excluding carboxylic acids is 1. The fraction of sp³-hybridized carbons (Fsp3) is 0.133. The fourth-order valence-corrected chi connectivity index (χ4v) is 2.01. The highest BCUT2D eigenvalue weighted by molar-refractivity contribution is 6.00. The molecular weight excluding hydrogens is 270 g/mol. The first-order valence-electron chi connectivity index (χ1n) is 6.44. The minimum atomic E-state index is -0.637. The molecule has 0 fully saturated rings. The van der Waals surface area contributed by atoms with Crippen LogP contribution in [-0.2, 0) is 6.42 Å². The minimum Gasteiger partial charge on any atom is -0.393 e. The smallest absolute Gasteiger partial charge is 0.304 e. The van der Waals surface area contributed by atoms with Crippen LogP contribution in [0.2, 0.25) is 0 Å². The van der Waals surface area contributed by atoms with Crippen molar-refractivity contribution in [2.24, 2.45) is 0 Å². The number of anilines is 1. The van der Waals surface area contributed by atoms with Crippen molar-refractivity contribution in [2.45, 2.75) is 6.42 Å². The average molecular weight is 285 g/mol. The summed E-state index contributed by atoms with van der Waals surface area (Å²) >= 11 is 0. The van der Waals surface area contributed by atoms with Gasteiger partial charge in [0.15, 0.2) is 0 Å². The molecule has 0 heterocycles. The molecule has 2 rings (SSSR count). The highest BCUT2D eigenvalue weighted by Crippen LogP contribution is 2.25. The van der Waals surface area contributed by atoms with Crippen LogP contribution in [0.4, 0.5) is 11.4 Å². The molecule has 1 amide bonds. The molecule has 0 saturated heterocycles. The van der Waals surface area contributed by atoms with Crippen LogP contribution in [-0.4, -0.2) is 17.4 Å². The van der Waals surface area contributed by atoms with Gasteiger partial charge in [0.25, 0.3) is 5.91 Å². The maximum absolute atomic E-state index is 12.0. The summed E-state index contributed by atoms with van der Waals surface area (Å²) in [5.41, 5.74) is 6.25. The number of nitrogen functional groups attached to an aromatic ring is 1. The monoisotopic (exact) mass is 285 g/mol. The Morgan fingerprint density at radius 2 is 1.86 bits per heavy atom. The fourth-order valence-electron chi connectivity index (χ4n) is 2.01. The number of nitrogens with one attached hydrogen (secondary N) is 1. The van der Waals surface area contributed by atoms with Crippen LogP contribution in [0.25, 0.3) is 0 Å². The third-order valence-corrected chi connectivity index (χ3v) is 3.04. The van der Waals surface area contributed by atoms with E-state index in [9.17, 15) is 14.9 Å². The Balaban J connectivity index is 2.04. The molecule has 6 heteroatoms. The standard InChI is InChI=1S/C15H15N3O3/c16-13-8-4-7-12(14(13)18(20)21)15(19)17-10-9-11-5-2-1-3-6-11/h1-8H,9-10,16H2,(H,17,19).